The molecule has 0 aromatic carbocycles. The fourth-order valence-corrected chi connectivity index (χ4v) is 8.14. The summed E-state index contributed by atoms with van der Waals surface area (Å²) in [7, 11) is 0. The number of nitrogens with one attached hydrogen (secondary N) is 3. The summed E-state index contributed by atoms with van der Waals surface area (Å²) in [6.07, 6.45) is -2.23. The summed E-state index contributed by atoms with van der Waals surface area (Å²) < 4.78 is 113. The second-order valence-electron chi connectivity index (χ2n) is 18.1. The van der Waals surface area contributed by atoms with Crippen LogP contribution >= 0.6 is 22.7 Å². The number of nitrogens with zero attached hydrogens (tertiary/aromatic N) is 5. The molecule has 394 valence electrons. The van der Waals surface area contributed by atoms with Crippen molar-refractivity contribution in [2.75, 3.05) is 23.7 Å². The number of ketones is 2. The number of rotatable bonds is 16. The molecule has 2 saturated heterocycles. The maximum Gasteiger partial charge on any atom is 0.490 e. The molecule has 2 aliphatic heterocycles. The molecule has 4 N–H and O–H groups in total. The summed E-state index contributed by atoms with van der Waals surface area (Å²) in [5.74, 6) is -3.82. The van der Waals surface area contributed by atoms with Crippen molar-refractivity contribution in [3.8, 4) is 0 Å². The average molecular weight is 1050 g/mol. The fraction of sp³-hybridized carbons (Fsp3) is 0.674. The van der Waals surface area contributed by atoms with Gasteiger partial charge in [-0.15, -0.1) is 20.4 Å². The van der Waals surface area contributed by atoms with Crippen LogP contribution in [0.3, 0.4) is 0 Å². The monoisotopic (exact) mass is 1050 g/mol. The molecule has 0 saturated carbocycles. The largest absolute Gasteiger partial charge is 0.490 e. The number of hydrogen-bond donors (Lipinski definition) is 4. The SMILES string of the molecule is CC(C)C[C@@H](/C=C/C(=O)Nc1nnc(C(F)(F)F)s1)CC(=O)[C@@H]1CCCCN1.CC(C)C[C@@H](/C=C/C(=O)Nc1nnc(C(F)(F)F)s1)CC(=O)[C@@H]1CCCCN1C(=O)OC(C)(C)C.O=C(O)C(F)(F)F. The maximum atomic E-state index is 13.2. The van der Waals surface area contributed by atoms with Gasteiger partial charge in [-0.25, -0.2) is 9.59 Å². The van der Waals surface area contributed by atoms with Gasteiger partial charge in [0.2, 0.25) is 32.1 Å². The third-order valence-electron chi connectivity index (χ3n) is 9.75. The summed E-state index contributed by atoms with van der Waals surface area (Å²) in [4.78, 5) is 73.0. The molecule has 0 bridgehead atoms. The molecule has 2 fully saturated rings. The van der Waals surface area contributed by atoms with E-state index >= 15 is 0 Å². The normalized spacial score (nSPS) is 17.8. The number of carbonyl (C=O) groups is 6. The van der Waals surface area contributed by atoms with Crippen molar-refractivity contribution in [2.24, 2.45) is 23.7 Å². The zero-order valence-corrected chi connectivity index (χ0v) is 41.2. The highest BCUT2D eigenvalue weighted by atomic mass is 32.1. The van der Waals surface area contributed by atoms with Crippen LogP contribution in [-0.4, -0.2) is 103 Å². The number of carboxylic acid groups (broad SMARTS) is 1. The summed E-state index contributed by atoms with van der Waals surface area (Å²) in [5, 5.41) is 24.9. The van der Waals surface area contributed by atoms with Crippen LogP contribution in [0.15, 0.2) is 24.3 Å². The zero-order chi connectivity index (χ0) is 53.2. The molecule has 16 nitrogen and oxygen atoms in total. The number of ether oxygens (including phenoxy) is 1. The average Bonchev–Trinajstić information content (AvgIpc) is 3.92. The molecule has 27 heteroatoms. The molecule has 0 radical (unpaired) electrons. The Morgan fingerprint density at radius 3 is 1.53 bits per heavy atom. The minimum absolute atomic E-state index is 0.106. The first kappa shape index (κ1) is 61.1. The molecule has 2 aromatic heterocycles. The number of carboxylic acids is 1. The molecule has 4 heterocycles. The van der Waals surface area contributed by atoms with Crippen LogP contribution in [0.1, 0.15) is 123 Å². The maximum absolute atomic E-state index is 13.2. The van der Waals surface area contributed by atoms with Gasteiger partial charge >= 0.3 is 30.6 Å². The summed E-state index contributed by atoms with van der Waals surface area (Å²) in [6, 6.07) is -0.717. The number of likely N-dealkylation sites (tertiary alicyclic amines) is 1. The highest BCUT2D eigenvalue weighted by Gasteiger charge is 2.39. The Hall–Kier alpha value is -5.05. The van der Waals surface area contributed by atoms with Crippen molar-refractivity contribution in [3.63, 3.8) is 0 Å². The van der Waals surface area contributed by atoms with Gasteiger partial charge in [-0.05, 0) is 108 Å². The lowest BCUT2D eigenvalue weighted by Gasteiger charge is -2.36. The molecule has 4 rings (SSSR count). The molecule has 0 aliphatic carbocycles. The van der Waals surface area contributed by atoms with Crippen LogP contribution in [0, 0.1) is 23.7 Å². The highest BCUT2D eigenvalue weighted by Crippen LogP contribution is 2.34. The van der Waals surface area contributed by atoms with E-state index < -0.39 is 64.1 Å². The van der Waals surface area contributed by atoms with Crippen molar-refractivity contribution >= 4 is 68.4 Å². The van der Waals surface area contributed by atoms with Gasteiger partial charge in [-0.2, -0.15) is 39.5 Å². The third-order valence-corrected chi connectivity index (χ3v) is 11.5. The number of piperidine rings is 2. The number of alkyl halides is 9. The summed E-state index contributed by atoms with van der Waals surface area (Å²) in [5.41, 5.74) is -0.674. The van der Waals surface area contributed by atoms with Crippen molar-refractivity contribution in [3.05, 3.63) is 34.3 Å². The van der Waals surface area contributed by atoms with E-state index in [4.69, 9.17) is 14.6 Å². The fourth-order valence-electron chi connectivity index (χ4n) is 6.92. The van der Waals surface area contributed by atoms with Gasteiger partial charge in [0.25, 0.3) is 0 Å². The number of aromatic nitrogens is 4. The summed E-state index contributed by atoms with van der Waals surface area (Å²) in [6.45, 7) is 14.6. The number of anilines is 2. The van der Waals surface area contributed by atoms with E-state index in [1.165, 1.54) is 17.1 Å². The van der Waals surface area contributed by atoms with Crippen LogP contribution in [0.4, 0.5) is 54.6 Å². The molecule has 0 unspecified atom stereocenters. The van der Waals surface area contributed by atoms with E-state index in [2.05, 4.69) is 36.3 Å². The minimum atomic E-state index is -5.08. The molecular formula is C43H59F9N8O8S2. The molecular weight excluding hydrogens is 992 g/mol. The van der Waals surface area contributed by atoms with E-state index in [1.54, 1.807) is 32.9 Å². The van der Waals surface area contributed by atoms with Gasteiger partial charge in [0.05, 0.1) is 12.1 Å². The Balaban J connectivity index is 0.000000429. The van der Waals surface area contributed by atoms with E-state index in [0.717, 1.165) is 45.1 Å². The van der Waals surface area contributed by atoms with E-state index in [1.807, 2.05) is 27.7 Å². The van der Waals surface area contributed by atoms with Crippen molar-refractivity contribution in [2.45, 2.75) is 149 Å². The topological polar surface area (TPSA) is 223 Å². The lowest BCUT2D eigenvalue weighted by molar-refractivity contribution is -0.192. The van der Waals surface area contributed by atoms with E-state index in [9.17, 15) is 63.5 Å². The number of carbonyl (C=O) groups excluding carboxylic acids is 5. The summed E-state index contributed by atoms with van der Waals surface area (Å²) >= 11 is 0.500. The number of hydrogen-bond acceptors (Lipinski definition) is 14. The number of aliphatic carboxylic acids is 1. The first-order chi connectivity index (χ1) is 32.2. The van der Waals surface area contributed by atoms with Crippen LogP contribution in [0.2, 0.25) is 0 Å². The van der Waals surface area contributed by atoms with Crippen molar-refractivity contribution < 1.29 is 78.1 Å². The van der Waals surface area contributed by atoms with Crippen LogP contribution in [0.25, 0.3) is 0 Å². The Morgan fingerprint density at radius 1 is 0.714 bits per heavy atom. The zero-order valence-electron chi connectivity index (χ0n) is 39.5. The molecule has 2 aromatic rings. The molecule has 0 spiro atoms. The molecule has 4 atom stereocenters. The second-order valence-corrected chi connectivity index (χ2v) is 20.1. The van der Waals surface area contributed by atoms with E-state index in [0.29, 0.717) is 31.7 Å². The van der Waals surface area contributed by atoms with Gasteiger partial charge in [-0.3, -0.25) is 34.7 Å². The first-order valence-electron chi connectivity index (χ1n) is 22.1. The predicted molar refractivity (Wildman–Crippen MR) is 240 cm³/mol. The van der Waals surface area contributed by atoms with E-state index in [-0.39, 0.29) is 74.7 Å². The molecule has 70 heavy (non-hydrogen) atoms. The number of halogens is 9. The minimum Gasteiger partial charge on any atom is -0.475 e. The van der Waals surface area contributed by atoms with Crippen LogP contribution in [0.5, 0.6) is 0 Å². The number of amides is 3. The molecule has 3 amide bonds. The lowest BCUT2D eigenvalue weighted by atomic mass is 9.88. The van der Waals surface area contributed by atoms with Crippen LogP contribution in [-0.2, 0) is 41.1 Å². The van der Waals surface area contributed by atoms with Gasteiger partial charge in [-0.1, -0.05) is 68.9 Å². The Labute approximate surface area is 406 Å². The standard InChI is InChI=1S/C23H33F3N4O4S.C18H25F3N4O2S.C2HF3O2/c1-14(2)12-15(9-10-18(32)27-20-29-28-19(35-20)23(24,25)26)13-17(31)16-8-6-7-11-30(16)21(33)34-22(3,4)5;1-11(2)9-12(10-14(26)13-5-3-4-8-22-13)6-7-15(27)23-17-25-24-16(28-17)18(19,20)21;3-2(4,5)1(6)7/h9-10,14-16H,6-8,11-13H2,1-5H3,(H,27,29,32);6-7,11-13,22H,3-5,8-10H2,1-2H3,(H,23,25,27);(H,6,7)/b10-9+;7-6+;/t15-,16+;12-,13+;/m11./s1. The Morgan fingerprint density at radius 2 is 1.16 bits per heavy atom. The van der Waals surface area contributed by atoms with Gasteiger partial charge in [0.15, 0.2) is 5.78 Å². The van der Waals surface area contributed by atoms with Crippen LogP contribution < -0.4 is 16.0 Å². The highest BCUT2D eigenvalue weighted by molar-refractivity contribution is 7.15. The second kappa shape index (κ2) is 27.5. The number of allylic oxidation sites excluding steroid dienone is 2. The third kappa shape index (κ3) is 23.7. The smallest absolute Gasteiger partial charge is 0.475 e. The molecule has 2 aliphatic rings. The predicted octanol–water partition coefficient (Wildman–Crippen LogP) is 9.91. The Bertz CT molecular complexity index is 2100. The lowest BCUT2D eigenvalue weighted by Crippen LogP contribution is -2.50. The first-order valence-corrected chi connectivity index (χ1v) is 23.8. The Kier molecular flexibility index (Phi) is 24.0. The number of Topliss-reactive ketones (excluding diaryl/α,β-unsaturated/α-hetero) is 2. The van der Waals surface area contributed by atoms with Gasteiger partial charge < -0.3 is 15.2 Å². The van der Waals surface area contributed by atoms with Gasteiger partial charge in [0.1, 0.15) is 11.4 Å². The van der Waals surface area contributed by atoms with Crippen molar-refractivity contribution in [1.29, 1.82) is 0 Å². The quantitative estimate of drug-likeness (QED) is 0.0909. The van der Waals surface area contributed by atoms with Crippen molar-refractivity contribution in [1.82, 2.24) is 30.6 Å². The van der Waals surface area contributed by atoms with Gasteiger partial charge in [0, 0.05) is 19.4 Å².